The normalized spacial score (nSPS) is 10.2. The fraction of sp³-hybridized carbons (Fsp3) is 0.545. The van der Waals surface area contributed by atoms with Crippen molar-refractivity contribution < 1.29 is 9.53 Å². The van der Waals surface area contributed by atoms with E-state index in [0.717, 1.165) is 12.8 Å². The third-order valence-electron chi connectivity index (χ3n) is 2.21. The molecule has 0 fully saturated rings. The highest BCUT2D eigenvalue weighted by Gasteiger charge is 2.04. The summed E-state index contributed by atoms with van der Waals surface area (Å²) < 4.78 is 6.21. The van der Waals surface area contributed by atoms with Crippen molar-refractivity contribution in [3.8, 4) is 0 Å². The number of aromatic amines is 1. The van der Waals surface area contributed by atoms with E-state index in [1.54, 1.807) is 0 Å². The number of ether oxygens (including phenoxy) is 1. The Kier molecular flexibility index (Phi) is 5.19. The van der Waals surface area contributed by atoms with Gasteiger partial charge in [-0.15, -0.1) is 0 Å². The molecule has 0 atom stereocenters. The van der Waals surface area contributed by atoms with Gasteiger partial charge in [0.1, 0.15) is 0 Å². The summed E-state index contributed by atoms with van der Waals surface area (Å²) in [5.74, 6) is -0.337. The van der Waals surface area contributed by atoms with Gasteiger partial charge in [0.05, 0.1) is 13.0 Å². The van der Waals surface area contributed by atoms with Gasteiger partial charge in [0, 0.05) is 18.8 Å². The van der Waals surface area contributed by atoms with Gasteiger partial charge in [-0.05, 0) is 6.42 Å². The molecule has 0 saturated heterocycles. The van der Waals surface area contributed by atoms with Crippen LogP contribution in [0.5, 0.6) is 0 Å². The Bertz CT molecular complexity index is 475. The van der Waals surface area contributed by atoms with Crippen LogP contribution in [0.1, 0.15) is 26.2 Å². The number of carbonyl (C=O) groups is 1. The van der Waals surface area contributed by atoms with E-state index < -0.39 is 11.2 Å². The SMILES string of the molecule is CCCCOC(=O)CCn1ccc(=O)[nH]c1=O. The lowest BCUT2D eigenvalue weighted by Crippen LogP contribution is -2.29. The molecule has 0 saturated carbocycles. The van der Waals surface area contributed by atoms with E-state index in [2.05, 4.69) is 4.98 Å². The van der Waals surface area contributed by atoms with Crippen molar-refractivity contribution in [1.29, 1.82) is 0 Å². The van der Waals surface area contributed by atoms with Crippen LogP contribution in [0, 0.1) is 0 Å². The van der Waals surface area contributed by atoms with Crippen molar-refractivity contribution in [1.82, 2.24) is 9.55 Å². The molecule has 0 bridgehead atoms. The molecule has 1 rings (SSSR count). The van der Waals surface area contributed by atoms with Crippen molar-refractivity contribution in [3.05, 3.63) is 33.1 Å². The molecule has 0 aliphatic rings. The Labute approximate surface area is 98.2 Å². The molecule has 1 N–H and O–H groups in total. The van der Waals surface area contributed by atoms with Crippen LogP contribution in [-0.4, -0.2) is 22.1 Å². The van der Waals surface area contributed by atoms with Gasteiger partial charge in [0.15, 0.2) is 0 Å². The molecule has 6 heteroatoms. The first-order valence-corrected chi connectivity index (χ1v) is 5.59. The van der Waals surface area contributed by atoms with Gasteiger partial charge >= 0.3 is 11.7 Å². The highest BCUT2D eigenvalue weighted by atomic mass is 16.5. The Balaban J connectivity index is 2.42. The van der Waals surface area contributed by atoms with E-state index in [9.17, 15) is 14.4 Å². The molecule has 0 unspecified atom stereocenters. The van der Waals surface area contributed by atoms with Crippen LogP contribution < -0.4 is 11.2 Å². The predicted octanol–water partition coefficient (Wildman–Crippen LogP) is 0.270. The fourth-order valence-corrected chi connectivity index (χ4v) is 1.23. The zero-order valence-electron chi connectivity index (χ0n) is 9.77. The van der Waals surface area contributed by atoms with Gasteiger partial charge < -0.3 is 9.30 Å². The first kappa shape index (κ1) is 13.2. The second-order valence-electron chi connectivity index (χ2n) is 3.63. The minimum atomic E-state index is -0.515. The number of esters is 1. The van der Waals surface area contributed by atoms with Gasteiger partial charge in [-0.25, -0.2) is 4.79 Å². The summed E-state index contributed by atoms with van der Waals surface area (Å²) in [4.78, 5) is 35.4. The van der Waals surface area contributed by atoms with E-state index in [-0.39, 0.29) is 18.9 Å². The predicted molar refractivity (Wildman–Crippen MR) is 61.8 cm³/mol. The minimum Gasteiger partial charge on any atom is -0.466 e. The second kappa shape index (κ2) is 6.67. The molecular formula is C11H16N2O4. The second-order valence-corrected chi connectivity index (χ2v) is 3.63. The maximum Gasteiger partial charge on any atom is 0.328 e. The summed E-state index contributed by atoms with van der Waals surface area (Å²) in [5, 5.41) is 0. The number of rotatable bonds is 6. The lowest BCUT2D eigenvalue weighted by Gasteiger charge is -2.05. The molecule has 17 heavy (non-hydrogen) atoms. The molecule has 0 amide bonds. The van der Waals surface area contributed by atoms with E-state index in [1.807, 2.05) is 6.92 Å². The molecule has 94 valence electrons. The van der Waals surface area contributed by atoms with E-state index in [1.165, 1.54) is 16.8 Å². The number of aryl methyl sites for hydroxylation is 1. The number of hydrogen-bond acceptors (Lipinski definition) is 4. The quantitative estimate of drug-likeness (QED) is 0.571. The summed E-state index contributed by atoms with van der Waals surface area (Å²) in [5.41, 5.74) is -0.962. The Morgan fingerprint density at radius 2 is 2.24 bits per heavy atom. The minimum absolute atomic E-state index is 0.121. The zero-order valence-corrected chi connectivity index (χ0v) is 9.77. The molecule has 0 aliphatic heterocycles. The lowest BCUT2D eigenvalue weighted by atomic mass is 10.3. The van der Waals surface area contributed by atoms with Gasteiger partial charge in [-0.1, -0.05) is 13.3 Å². The van der Waals surface area contributed by atoms with Crippen LogP contribution in [0.2, 0.25) is 0 Å². The van der Waals surface area contributed by atoms with Crippen molar-refractivity contribution in [3.63, 3.8) is 0 Å². The van der Waals surface area contributed by atoms with E-state index >= 15 is 0 Å². The first-order valence-electron chi connectivity index (χ1n) is 5.59. The summed E-state index contributed by atoms with van der Waals surface area (Å²) in [6.07, 6.45) is 3.28. The van der Waals surface area contributed by atoms with Crippen LogP contribution >= 0.6 is 0 Å². The molecule has 0 spiro atoms. The topological polar surface area (TPSA) is 81.2 Å². The molecule has 0 aromatic carbocycles. The van der Waals surface area contributed by atoms with Gasteiger partial charge in [-0.2, -0.15) is 0 Å². The molecule has 1 aromatic heterocycles. The Morgan fingerprint density at radius 3 is 2.88 bits per heavy atom. The van der Waals surface area contributed by atoms with Crippen LogP contribution in [0.15, 0.2) is 21.9 Å². The maximum atomic E-state index is 11.3. The van der Waals surface area contributed by atoms with Crippen molar-refractivity contribution in [2.24, 2.45) is 0 Å². The summed E-state index contributed by atoms with van der Waals surface area (Å²) >= 11 is 0. The van der Waals surface area contributed by atoms with Crippen molar-refractivity contribution in [2.45, 2.75) is 32.7 Å². The van der Waals surface area contributed by atoms with E-state index in [0.29, 0.717) is 6.61 Å². The Hall–Kier alpha value is -1.85. The smallest absolute Gasteiger partial charge is 0.328 e. The number of nitrogens with one attached hydrogen (secondary N) is 1. The number of unbranched alkanes of at least 4 members (excludes halogenated alkanes) is 1. The molecular weight excluding hydrogens is 224 g/mol. The van der Waals surface area contributed by atoms with Gasteiger partial charge in [0.25, 0.3) is 5.56 Å². The van der Waals surface area contributed by atoms with Crippen LogP contribution in [0.25, 0.3) is 0 Å². The molecule has 1 heterocycles. The standard InChI is InChI=1S/C11H16N2O4/c1-2-3-8-17-10(15)5-7-13-6-4-9(14)12-11(13)16/h4,6H,2-3,5,7-8H2,1H3,(H,12,14,16). The van der Waals surface area contributed by atoms with Gasteiger partial charge in [0.2, 0.25) is 0 Å². The first-order chi connectivity index (χ1) is 8.13. The third-order valence-corrected chi connectivity index (χ3v) is 2.21. The highest BCUT2D eigenvalue weighted by Crippen LogP contribution is 1.93. The molecule has 1 aromatic rings. The zero-order chi connectivity index (χ0) is 12.7. The van der Waals surface area contributed by atoms with Crippen LogP contribution in [-0.2, 0) is 16.1 Å². The maximum absolute atomic E-state index is 11.3. The molecule has 6 nitrogen and oxygen atoms in total. The summed E-state index contributed by atoms with van der Waals surface area (Å²) in [6, 6.07) is 1.24. The lowest BCUT2D eigenvalue weighted by molar-refractivity contribution is -0.144. The van der Waals surface area contributed by atoms with Gasteiger partial charge in [-0.3, -0.25) is 14.6 Å². The largest absolute Gasteiger partial charge is 0.466 e. The summed E-state index contributed by atoms with van der Waals surface area (Å²) in [7, 11) is 0. The number of H-pyrrole nitrogens is 1. The molecule has 0 radical (unpaired) electrons. The monoisotopic (exact) mass is 240 g/mol. The fourth-order valence-electron chi connectivity index (χ4n) is 1.23. The van der Waals surface area contributed by atoms with E-state index in [4.69, 9.17) is 4.74 Å². The van der Waals surface area contributed by atoms with Crippen LogP contribution in [0.3, 0.4) is 0 Å². The highest BCUT2D eigenvalue weighted by molar-refractivity contribution is 5.69. The number of carbonyl (C=O) groups excluding carboxylic acids is 1. The van der Waals surface area contributed by atoms with Crippen molar-refractivity contribution in [2.75, 3.05) is 6.61 Å². The van der Waals surface area contributed by atoms with Crippen molar-refractivity contribution >= 4 is 5.97 Å². The third kappa shape index (κ3) is 4.67. The van der Waals surface area contributed by atoms with Crippen LogP contribution in [0.4, 0.5) is 0 Å². The number of hydrogen-bond donors (Lipinski definition) is 1. The molecule has 0 aliphatic carbocycles. The summed E-state index contributed by atoms with van der Waals surface area (Å²) in [6.45, 7) is 2.63. The number of aromatic nitrogens is 2. The average Bonchev–Trinajstić information content (AvgIpc) is 2.28. The average molecular weight is 240 g/mol. The number of nitrogens with zero attached hydrogens (tertiary/aromatic N) is 1. The Morgan fingerprint density at radius 1 is 1.47 bits per heavy atom.